The predicted octanol–water partition coefficient (Wildman–Crippen LogP) is 1.07. The van der Waals surface area contributed by atoms with Crippen molar-refractivity contribution in [1.82, 2.24) is 25.4 Å². The van der Waals surface area contributed by atoms with Gasteiger partial charge in [0.15, 0.2) is 11.8 Å². The molecular weight excluding hydrogens is 268 g/mol. The Bertz CT molecular complexity index is 601. The number of aliphatic imine (C=N–C) groups is 1. The van der Waals surface area contributed by atoms with Gasteiger partial charge >= 0.3 is 0 Å². The van der Waals surface area contributed by atoms with Crippen LogP contribution in [0.4, 0.5) is 0 Å². The predicted molar refractivity (Wildman–Crippen MR) is 78.7 cm³/mol. The highest BCUT2D eigenvalue weighted by molar-refractivity contribution is 5.79. The summed E-state index contributed by atoms with van der Waals surface area (Å²) in [6.45, 7) is 2.23. The number of nitrogens with one attached hydrogen (secondary N) is 2. The van der Waals surface area contributed by atoms with Crippen molar-refractivity contribution in [2.24, 2.45) is 4.99 Å². The summed E-state index contributed by atoms with van der Waals surface area (Å²) in [7, 11) is 1.75. The Morgan fingerprint density at radius 1 is 1.33 bits per heavy atom. The highest BCUT2D eigenvalue weighted by atomic mass is 16.3. The Labute approximate surface area is 123 Å². The number of hydrogen-bond acceptors (Lipinski definition) is 4. The molecule has 2 aromatic heterocycles. The zero-order chi connectivity index (χ0) is 14.5. The molecule has 0 saturated carbocycles. The lowest BCUT2D eigenvalue weighted by Crippen LogP contribution is -2.37. The van der Waals surface area contributed by atoms with Crippen LogP contribution in [0.5, 0.6) is 0 Å². The summed E-state index contributed by atoms with van der Waals surface area (Å²) in [5, 5.41) is 15.0. The SMILES string of the molecule is CN=C(NCc1ccco1)NCc1nnc2n1CCCC2. The van der Waals surface area contributed by atoms with Gasteiger partial charge in [0.25, 0.3) is 0 Å². The van der Waals surface area contributed by atoms with Crippen LogP contribution in [0.1, 0.15) is 30.3 Å². The van der Waals surface area contributed by atoms with E-state index >= 15 is 0 Å². The molecule has 1 aliphatic rings. The Hall–Kier alpha value is -2.31. The first-order valence-corrected chi connectivity index (χ1v) is 7.24. The average Bonchev–Trinajstić information content (AvgIpc) is 3.17. The summed E-state index contributed by atoms with van der Waals surface area (Å²) in [4.78, 5) is 4.19. The molecule has 2 aromatic rings. The van der Waals surface area contributed by atoms with Crippen molar-refractivity contribution in [3.63, 3.8) is 0 Å². The molecule has 3 rings (SSSR count). The number of hydrogen-bond donors (Lipinski definition) is 2. The van der Waals surface area contributed by atoms with Crippen LogP contribution < -0.4 is 10.6 Å². The van der Waals surface area contributed by atoms with Crippen LogP contribution in [0.25, 0.3) is 0 Å². The second-order valence-corrected chi connectivity index (χ2v) is 5.00. The molecule has 0 bridgehead atoms. The maximum Gasteiger partial charge on any atom is 0.191 e. The van der Waals surface area contributed by atoms with Crippen LogP contribution in [0.2, 0.25) is 0 Å². The smallest absolute Gasteiger partial charge is 0.191 e. The lowest BCUT2D eigenvalue weighted by Gasteiger charge is -2.15. The number of aryl methyl sites for hydroxylation is 1. The van der Waals surface area contributed by atoms with E-state index in [1.807, 2.05) is 12.1 Å². The molecule has 21 heavy (non-hydrogen) atoms. The fraction of sp³-hybridized carbons (Fsp3) is 0.500. The van der Waals surface area contributed by atoms with E-state index in [4.69, 9.17) is 4.42 Å². The van der Waals surface area contributed by atoms with Crippen molar-refractivity contribution in [3.8, 4) is 0 Å². The Morgan fingerprint density at radius 2 is 2.24 bits per heavy atom. The molecule has 0 spiro atoms. The fourth-order valence-electron chi connectivity index (χ4n) is 2.47. The zero-order valence-corrected chi connectivity index (χ0v) is 12.2. The number of rotatable bonds is 4. The minimum atomic E-state index is 0.602. The van der Waals surface area contributed by atoms with Gasteiger partial charge in [-0.3, -0.25) is 4.99 Å². The van der Waals surface area contributed by atoms with E-state index in [-0.39, 0.29) is 0 Å². The van der Waals surface area contributed by atoms with Gasteiger partial charge in [-0.2, -0.15) is 0 Å². The van der Waals surface area contributed by atoms with E-state index in [1.54, 1.807) is 13.3 Å². The van der Waals surface area contributed by atoms with Crippen molar-refractivity contribution >= 4 is 5.96 Å². The molecule has 0 saturated heterocycles. The number of furan rings is 1. The lowest BCUT2D eigenvalue weighted by atomic mass is 10.2. The summed E-state index contributed by atoms with van der Waals surface area (Å²) in [5.74, 6) is 3.65. The molecule has 0 aromatic carbocycles. The summed E-state index contributed by atoms with van der Waals surface area (Å²) >= 11 is 0. The second kappa shape index (κ2) is 6.43. The van der Waals surface area contributed by atoms with E-state index < -0.39 is 0 Å². The van der Waals surface area contributed by atoms with E-state index in [0.717, 1.165) is 36.3 Å². The monoisotopic (exact) mass is 288 g/mol. The second-order valence-electron chi connectivity index (χ2n) is 5.00. The van der Waals surface area contributed by atoms with Crippen LogP contribution in [0, 0.1) is 0 Å². The third kappa shape index (κ3) is 3.24. The fourth-order valence-corrected chi connectivity index (χ4v) is 2.47. The molecule has 0 fully saturated rings. The van der Waals surface area contributed by atoms with Crippen molar-refractivity contribution in [3.05, 3.63) is 35.8 Å². The van der Waals surface area contributed by atoms with Gasteiger partial charge in [0.2, 0.25) is 0 Å². The van der Waals surface area contributed by atoms with E-state index in [0.29, 0.717) is 13.1 Å². The summed E-state index contributed by atoms with van der Waals surface area (Å²) in [5.41, 5.74) is 0. The maximum atomic E-state index is 5.28. The Morgan fingerprint density at radius 3 is 3.05 bits per heavy atom. The normalized spacial score (nSPS) is 14.8. The van der Waals surface area contributed by atoms with E-state index in [1.165, 1.54) is 12.8 Å². The Kier molecular flexibility index (Phi) is 4.18. The topological polar surface area (TPSA) is 80.3 Å². The highest BCUT2D eigenvalue weighted by Crippen LogP contribution is 2.13. The van der Waals surface area contributed by atoms with Gasteiger partial charge in [-0.1, -0.05) is 0 Å². The van der Waals surface area contributed by atoms with Gasteiger partial charge < -0.3 is 19.6 Å². The summed E-state index contributed by atoms with van der Waals surface area (Å²) < 4.78 is 7.49. The van der Waals surface area contributed by atoms with Gasteiger partial charge in [0, 0.05) is 20.0 Å². The first kappa shape index (κ1) is 13.7. The van der Waals surface area contributed by atoms with E-state index in [9.17, 15) is 0 Å². The molecule has 1 aliphatic heterocycles. The maximum absolute atomic E-state index is 5.28. The molecule has 112 valence electrons. The standard InChI is InChI=1S/C14H20N6O/c1-15-14(16-9-11-5-4-8-21-11)17-10-13-19-18-12-6-2-3-7-20(12)13/h4-5,8H,2-3,6-7,9-10H2,1H3,(H2,15,16,17). The summed E-state index contributed by atoms with van der Waals surface area (Å²) in [6, 6.07) is 3.80. The van der Waals surface area contributed by atoms with Crippen molar-refractivity contribution in [1.29, 1.82) is 0 Å². The number of aromatic nitrogens is 3. The average molecular weight is 288 g/mol. The minimum Gasteiger partial charge on any atom is -0.467 e. The minimum absolute atomic E-state index is 0.602. The first-order valence-electron chi connectivity index (χ1n) is 7.24. The first-order chi connectivity index (χ1) is 10.4. The molecule has 0 amide bonds. The molecule has 0 atom stereocenters. The van der Waals surface area contributed by atoms with Crippen molar-refractivity contribution in [2.75, 3.05) is 7.05 Å². The Balaban J connectivity index is 1.54. The van der Waals surface area contributed by atoms with Crippen molar-refractivity contribution in [2.45, 2.75) is 38.9 Å². The number of nitrogens with zero attached hydrogens (tertiary/aromatic N) is 4. The van der Waals surface area contributed by atoms with Gasteiger partial charge in [0.05, 0.1) is 19.4 Å². The van der Waals surface area contributed by atoms with Crippen LogP contribution in [-0.2, 0) is 26.1 Å². The van der Waals surface area contributed by atoms with Gasteiger partial charge in [0.1, 0.15) is 11.6 Å². The molecule has 2 N–H and O–H groups in total. The molecular formula is C14H20N6O. The quantitative estimate of drug-likeness (QED) is 0.650. The molecule has 0 aliphatic carbocycles. The third-order valence-electron chi connectivity index (χ3n) is 3.58. The number of guanidine groups is 1. The third-order valence-corrected chi connectivity index (χ3v) is 3.58. The number of fused-ring (bicyclic) bond motifs is 1. The largest absolute Gasteiger partial charge is 0.467 e. The van der Waals surface area contributed by atoms with Gasteiger partial charge in [-0.25, -0.2) is 0 Å². The molecule has 7 heteroatoms. The van der Waals surface area contributed by atoms with Crippen LogP contribution in [-0.4, -0.2) is 27.8 Å². The molecule has 0 unspecified atom stereocenters. The van der Waals surface area contributed by atoms with Gasteiger partial charge in [-0.15, -0.1) is 10.2 Å². The lowest BCUT2D eigenvalue weighted by molar-refractivity contribution is 0.498. The molecule has 0 radical (unpaired) electrons. The van der Waals surface area contributed by atoms with Crippen LogP contribution in [0.3, 0.4) is 0 Å². The van der Waals surface area contributed by atoms with Crippen molar-refractivity contribution < 1.29 is 4.42 Å². The molecule has 3 heterocycles. The van der Waals surface area contributed by atoms with Crippen LogP contribution >= 0.6 is 0 Å². The highest BCUT2D eigenvalue weighted by Gasteiger charge is 2.15. The molecule has 7 nitrogen and oxygen atoms in total. The van der Waals surface area contributed by atoms with Crippen LogP contribution in [0.15, 0.2) is 27.8 Å². The summed E-state index contributed by atoms with van der Waals surface area (Å²) in [6.07, 6.45) is 5.09. The van der Waals surface area contributed by atoms with E-state index in [2.05, 4.69) is 30.4 Å². The van der Waals surface area contributed by atoms with Gasteiger partial charge in [-0.05, 0) is 25.0 Å². The zero-order valence-electron chi connectivity index (χ0n) is 12.2.